The van der Waals surface area contributed by atoms with E-state index >= 15 is 0 Å². The van der Waals surface area contributed by atoms with Crippen molar-refractivity contribution in [2.75, 3.05) is 13.2 Å². The van der Waals surface area contributed by atoms with E-state index in [0.717, 1.165) is 4.90 Å². The summed E-state index contributed by atoms with van der Waals surface area (Å²) in [5.41, 5.74) is 0. The molecule has 0 aliphatic carbocycles. The van der Waals surface area contributed by atoms with Gasteiger partial charge in [-0.25, -0.2) is 0 Å². The molecule has 0 unspecified atom stereocenters. The van der Waals surface area contributed by atoms with Crippen LogP contribution in [-0.4, -0.2) is 24.2 Å². The van der Waals surface area contributed by atoms with Crippen molar-refractivity contribution in [1.82, 2.24) is 5.32 Å². The molecule has 1 rings (SSSR count). The summed E-state index contributed by atoms with van der Waals surface area (Å²) in [7, 11) is 0. The number of rotatable bonds is 3. The first-order valence-electron chi connectivity index (χ1n) is 3.40. The summed E-state index contributed by atoms with van der Waals surface area (Å²) in [5.74, 6) is -0.158. The molecule has 1 aromatic heterocycles. The van der Waals surface area contributed by atoms with Crippen LogP contribution < -0.4 is 5.32 Å². The number of hydrogen-bond donors (Lipinski definition) is 3. The second kappa shape index (κ2) is 4.49. The molecular weight excluding hydrogens is 194 g/mol. The van der Waals surface area contributed by atoms with Gasteiger partial charge in [0, 0.05) is 16.8 Å². The lowest BCUT2D eigenvalue weighted by Crippen LogP contribution is -2.25. The molecule has 0 saturated carbocycles. The average Bonchev–Trinajstić information content (AvgIpc) is 2.47. The average molecular weight is 203 g/mol. The number of amides is 1. The summed E-state index contributed by atoms with van der Waals surface area (Å²) >= 11 is 5.41. The number of aliphatic hydroxyl groups is 1. The van der Waals surface area contributed by atoms with Gasteiger partial charge < -0.3 is 10.4 Å². The predicted molar refractivity (Wildman–Crippen MR) is 51.0 cm³/mol. The van der Waals surface area contributed by atoms with Crippen molar-refractivity contribution in [1.29, 1.82) is 0 Å². The van der Waals surface area contributed by atoms with Gasteiger partial charge in [0.15, 0.2) is 0 Å². The molecule has 0 bridgehead atoms. The van der Waals surface area contributed by atoms with Gasteiger partial charge in [-0.2, -0.15) is 0 Å². The predicted octanol–water partition coefficient (Wildman–Crippen LogP) is 0.759. The highest BCUT2D eigenvalue weighted by atomic mass is 32.1. The zero-order valence-corrected chi connectivity index (χ0v) is 7.99. The molecule has 0 saturated heterocycles. The Hall–Kier alpha value is -0.520. The van der Waals surface area contributed by atoms with E-state index in [1.54, 1.807) is 11.4 Å². The molecular formula is C7H9NO2S2. The SMILES string of the molecule is O=C(NCCO)c1cc(S)cs1. The Balaban J connectivity index is 2.53. The number of hydrogen-bond acceptors (Lipinski definition) is 4. The smallest absolute Gasteiger partial charge is 0.261 e. The Labute approximate surface area is 79.8 Å². The number of thiol groups is 1. The number of thiophene rings is 1. The summed E-state index contributed by atoms with van der Waals surface area (Å²) < 4.78 is 0. The fraction of sp³-hybridized carbons (Fsp3) is 0.286. The van der Waals surface area contributed by atoms with Gasteiger partial charge in [-0.3, -0.25) is 4.79 Å². The van der Waals surface area contributed by atoms with Gasteiger partial charge in [0.05, 0.1) is 11.5 Å². The highest BCUT2D eigenvalue weighted by molar-refractivity contribution is 7.80. The Morgan fingerprint density at radius 1 is 1.75 bits per heavy atom. The Kier molecular flexibility index (Phi) is 3.58. The minimum atomic E-state index is -0.158. The lowest BCUT2D eigenvalue weighted by atomic mass is 10.4. The largest absolute Gasteiger partial charge is 0.395 e. The van der Waals surface area contributed by atoms with E-state index in [2.05, 4.69) is 17.9 Å². The molecule has 66 valence electrons. The van der Waals surface area contributed by atoms with Crippen molar-refractivity contribution in [3.8, 4) is 0 Å². The first kappa shape index (κ1) is 9.57. The summed E-state index contributed by atoms with van der Waals surface area (Å²) in [5, 5.41) is 12.8. The van der Waals surface area contributed by atoms with E-state index in [-0.39, 0.29) is 12.5 Å². The molecule has 1 heterocycles. The molecule has 0 aliphatic heterocycles. The number of carbonyl (C=O) groups excluding carboxylic acids is 1. The molecule has 12 heavy (non-hydrogen) atoms. The number of aliphatic hydroxyl groups excluding tert-OH is 1. The minimum Gasteiger partial charge on any atom is -0.395 e. The van der Waals surface area contributed by atoms with Crippen LogP contribution in [0.4, 0.5) is 0 Å². The Morgan fingerprint density at radius 2 is 2.50 bits per heavy atom. The maximum atomic E-state index is 11.2. The molecule has 0 radical (unpaired) electrons. The third kappa shape index (κ3) is 2.51. The van der Waals surface area contributed by atoms with Crippen LogP contribution >= 0.6 is 24.0 Å². The Bertz CT molecular complexity index is 272. The van der Waals surface area contributed by atoms with Crippen molar-refractivity contribution in [2.45, 2.75) is 4.90 Å². The van der Waals surface area contributed by atoms with Crippen molar-refractivity contribution in [3.05, 3.63) is 16.3 Å². The normalized spacial score (nSPS) is 9.83. The summed E-state index contributed by atoms with van der Waals surface area (Å²) in [6.07, 6.45) is 0. The number of nitrogens with one attached hydrogen (secondary N) is 1. The van der Waals surface area contributed by atoms with Crippen molar-refractivity contribution in [3.63, 3.8) is 0 Å². The van der Waals surface area contributed by atoms with Gasteiger partial charge in [0.1, 0.15) is 0 Å². The molecule has 0 spiro atoms. The highest BCUT2D eigenvalue weighted by Gasteiger charge is 2.05. The second-order valence-electron chi connectivity index (χ2n) is 2.15. The molecule has 0 aliphatic rings. The highest BCUT2D eigenvalue weighted by Crippen LogP contribution is 2.16. The maximum Gasteiger partial charge on any atom is 0.261 e. The van der Waals surface area contributed by atoms with E-state index < -0.39 is 0 Å². The van der Waals surface area contributed by atoms with Gasteiger partial charge in [-0.05, 0) is 6.07 Å². The van der Waals surface area contributed by atoms with Crippen molar-refractivity contribution in [2.24, 2.45) is 0 Å². The lowest BCUT2D eigenvalue weighted by molar-refractivity contribution is 0.0948. The van der Waals surface area contributed by atoms with Crippen LogP contribution in [0.2, 0.25) is 0 Å². The molecule has 0 fully saturated rings. The standard InChI is InChI=1S/C7H9NO2S2/c9-2-1-8-7(10)6-3-5(11)4-12-6/h3-4,9,11H,1-2H2,(H,8,10). The lowest BCUT2D eigenvalue weighted by Gasteiger charge is -1.98. The third-order valence-electron chi connectivity index (χ3n) is 1.21. The fourth-order valence-corrected chi connectivity index (χ4v) is 1.77. The van der Waals surface area contributed by atoms with E-state index in [9.17, 15) is 4.79 Å². The molecule has 0 aromatic carbocycles. The van der Waals surface area contributed by atoms with Crippen LogP contribution in [0, 0.1) is 0 Å². The zero-order chi connectivity index (χ0) is 8.97. The number of carbonyl (C=O) groups is 1. The quantitative estimate of drug-likeness (QED) is 0.635. The summed E-state index contributed by atoms with van der Waals surface area (Å²) in [6, 6.07) is 1.69. The minimum absolute atomic E-state index is 0.0369. The maximum absolute atomic E-state index is 11.2. The van der Waals surface area contributed by atoms with Gasteiger partial charge in [0.25, 0.3) is 5.91 Å². The van der Waals surface area contributed by atoms with Crippen molar-refractivity contribution < 1.29 is 9.90 Å². The van der Waals surface area contributed by atoms with Crippen LogP contribution in [0.15, 0.2) is 16.3 Å². The molecule has 2 N–H and O–H groups in total. The topological polar surface area (TPSA) is 49.3 Å². The van der Waals surface area contributed by atoms with E-state index in [1.807, 2.05) is 0 Å². The summed E-state index contributed by atoms with van der Waals surface area (Å²) in [6.45, 7) is 0.253. The van der Waals surface area contributed by atoms with Crippen LogP contribution in [0.3, 0.4) is 0 Å². The molecule has 1 aromatic rings. The molecule has 5 heteroatoms. The van der Waals surface area contributed by atoms with Gasteiger partial charge in [-0.1, -0.05) is 0 Å². The third-order valence-corrected chi connectivity index (χ3v) is 2.57. The first-order valence-corrected chi connectivity index (χ1v) is 4.73. The van der Waals surface area contributed by atoms with Crippen LogP contribution in [-0.2, 0) is 0 Å². The zero-order valence-electron chi connectivity index (χ0n) is 6.28. The first-order chi connectivity index (χ1) is 5.74. The van der Waals surface area contributed by atoms with Crippen molar-refractivity contribution >= 4 is 29.9 Å². The summed E-state index contributed by atoms with van der Waals surface area (Å²) in [4.78, 5) is 12.6. The van der Waals surface area contributed by atoms with E-state index in [1.165, 1.54) is 11.3 Å². The van der Waals surface area contributed by atoms with Gasteiger partial charge in [-0.15, -0.1) is 24.0 Å². The van der Waals surface area contributed by atoms with Crippen LogP contribution in [0.1, 0.15) is 9.67 Å². The van der Waals surface area contributed by atoms with Crippen LogP contribution in [0.5, 0.6) is 0 Å². The monoisotopic (exact) mass is 203 g/mol. The van der Waals surface area contributed by atoms with Crippen LogP contribution in [0.25, 0.3) is 0 Å². The molecule has 0 atom stereocenters. The van der Waals surface area contributed by atoms with Gasteiger partial charge >= 0.3 is 0 Å². The van der Waals surface area contributed by atoms with E-state index in [0.29, 0.717) is 11.4 Å². The van der Waals surface area contributed by atoms with E-state index in [4.69, 9.17) is 5.11 Å². The Morgan fingerprint density at radius 3 is 3.00 bits per heavy atom. The molecule has 1 amide bonds. The fourth-order valence-electron chi connectivity index (χ4n) is 0.702. The second-order valence-corrected chi connectivity index (χ2v) is 3.58. The molecule has 3 nitrogen and oxygen atoms in total. The van der Waals surface area contributed by atoms with Gasteiger partial charge in [0.2, 0.25) is 0 Å².